The molecule has 0 unspecified atom stereocenters. The van der Waals surface area contributed by atoms with Crippen molar-refractivity contribution in [2.45, 2.75) is 26.6 Å². The second kappa shape index (κ2) is 9.41. The molecule has 7 nitrogen and oxygen atoms in total. The lowest BCUT2D eigenvalue weighted by atomic mass is 10.1. The minimum absolute atomic E-state index is 0.0918. The molecule has 1 amide bonds. The van der Waals surface area contributed by atoms with Crippen molar-refractivity contribution >= 4 is 16.7 Å². The van der Waals surface area contributed by atoms with E-state index in [1.54, 1.807) is 6.07 Å². The molecule has 4 rings (SSSR count). The lowest BCUT2D eigenvalue weighted by Gasteiger charge is -2.32. The van der Waals surface area contributed by atoms with E-state index in [9.17, 15) is 9.59 Å². The molecule has 2 aromatic carbocycles. The third-order valence-electron chi connectivity index (χ3n) is 5.83. The normalized spacial score (nSPS) is 15.3. The molecule has 1 aliphatic rings. The topological polar surface area (TPSA) is 70.5 Å². The minimum Gasteiger partial charge on any atom is -0.350 e. The molecule has 0 atom stereocenters. The molecule has 0 spiro atoms. The van der Waals surface area contributed by atoms with Crippen LogP contribution < -0.4 is 10.9 Å². The molecule has 162 valence electrons. The summed E-state index contributed by atoms with van der Waals surface area (Å²) in [5, 5.41) is 8.64. The van der Waals surface area contributed by atoms with E-state index in [4.69, 9.17) is 0 Å². The number of benzene rings is 2. The molecular formula is C24H29N5O2. The zero-order valence-electron chi connectivity index (χ0n) is 18.2. The van der Waals surface area contributed by atoms with Gasteiger partial charge in [-0.1, -0.05) is 42.5 Å². The van der Waals surface area contributed by atoms with Gasteiger partial charge in [-0.3, -0.25) is 14.5 Å². The highest BCUT2D eigenvalue weighted by molar-refractivity contribution is 5.83. The smallest absolute Gasteiger partial charge is 0.275 e. The predicted molar refractivity (Wildman–Crippen MR) is 122 cm³/mol. The zero-order valence-corrected chi connectivity index (χ0v) is 18.2. The summed E-state index contributed by atoms with van der Waals surface area (Å²) in [6.45, 7) is 7.44. The number of nitrogens with one attached hydrogen (secondary N) is 1. The Morgan fingerprint density at radius 3 is 2.48 bits per heavy atom. The second-order valence-corrected chi connectivity index (χ2v) is 8.27. The number of hydrogen-bond acceptors (Lipinski definition) is 5. The van der Waals surface area contributed by atoms with Crippen molar-refractivity contribution < 1.29 is 4.79 Å². The van der Waals surface area contributed by atoms with Crippen molar-refractivity contribution in [2.24, 2.45) is 0 Å². The van der Waals surface area contributed by atoms with Gasteiger partial charge in [0.05, 0.1) is 11.1 Å². The van der Waals surface area contributed by atoms with E-state index < -0.39 is 0 Å². The largest absolute Gasteiger partial charge is 0.350 e. The molecule has 0 aliphatic carbocycles. The van der Waals surface area contributed by atoms with Crippen molar-refractivity contribution in [3.8, 4) is 0 Å². The molecule has 31 heavy (non-hydrogen) atoms. The maximum Gasteiger partial charge on any atom is 0.275 e. The summed E-state index contributed by atoms with van der Waals surface area (Å²) in [5.41, 5.74) is 2.79. The molecule has 1 saturated heterocycles. The van der Waals surface area contributed by atoms with Gasteiger partial charge in [-0.15, -0.1) is 0 Å². The fraction of sp³-hybridized carbons (Fsp3) is 0.375. The van der Waals surface area contributed by atoms with Crippen LogP contribution in [-0.2, 0) is 24.4 Å². The average Bonchev–Trinajstić information content (AvgIpc) is 2.78. The van der Waals surface area contributed by atoms with Crippen molar-refractivity contribution in [3.05, 3.63) is 75.7 Å². The van der Waals surface area contributed by atoms with Crippen LogP contribution in [0, 0.1) is 6.92 Å². The summed E-state index contributed by atoms with van der Waals surface area (Å²) < 4.78 is 1.25. The lowest BCUT2D eigenvalue weighted by molar-refractivity contribution is -0.122. The summed E-state index contributed by atoms with van der Waals surface area (Å²) >= 11 is 0. The quantitative estimate of drug-likeness (QED) is 0.660. The average molecular weight is 420 g/mol. The molecule has 2 heterocycles. The Morgan fingerprint density at radius 1 is 1.00 bits per heavy atom. The van der Waals surface area contributed by atoms with Crippen molar-refractivity contribution in [1.82, 2.24) is 24.9 Å². The summed E-state index contributed by atoms with van der Waals surface area (Å²) in [5.74, 6) is -0.228. The Hall–Kier alpha value is -3.03. The van der Waals surface area contributed by atoms with Crippen LogP contribution in [0.25, 0.3) is 10.8 Å². The maximum atomic E-state index is 12.7. The van der Waals surface area contributed by atoms with Crippen LogP contribution in [0.15, 0.2) is 53.3 Å². The highest BCUT2D eigenvalue weighted by atomic mass is 16.2. The Bertz CT molecular complexity index is 1130. The van der Waals surface area contributed by atoms with E-state index in [2.05, 4.69) is 39.4 Å². The highest BCUT2D eigenvalue weighted by Crippen LogP contribution is 2.12. The molecule has 1 aromatic heterocycles. The predicted octanol–water partition coefficient (Wildman–Crippen LogP) is 1.77. The number of likely N-dealkylation sites (N-methyl/N-ethyl adjacent to an activating group) is 1. The number of aryl methyl sites for hydroxylation is 1. The number of aromatic nitrogens is 2. The van der Waals surface area contributed by atoms with Gasteiger partial charge in [0, 0.05) is 44.7 Å². The van der Waals surface area contributed by atoms with Gasteiger partial charge in [0.1, 0.15) is 6.54 Å². The van der Waals surface area contributed by atoms with Crippen LogP contribution >= 0.6 is 0 Å². The Balaban J connectivity index is 1.37. The van der Waals surface area contributed by atoms with Gasteiger partial charge in [-0.05, 0) is 31.2 Å². The first-order valence-electron chi connectivity index (χ1n) is 10.7. The summed E-state index contributed by atoms with van der Waals surface area (Å²) in [6, 6.07) is 15.7. The number of hydrogen-bond donors (Lipinski definition) is 1. The number of carbonyl (C=O) groups excluding carboxylic acids is 1. The van der Waals surface area contributed by atoms with E-state index in [0.717, 1.165) is 49.4 Å². The van der Waals surface area contributed by atoms with Crippen LogP contribution in [0.4, 0.5) is 0 Å². The van der Waals surface area contributed by atoms with Crippen LogP contribution in [0.3, 0.4) is 0 Å². The van der Waals surface area contributed by atoms with E-state index in [1.807, 2.05) is 37.3 Å². The molecule has 0 radical (unpaired) electrons. The third kappa shape index (κ3) is 5.18. The Morgan fingerprint density at radius 2 is 1.71 bits per heavy atom. The molecule has 7 heteroatoms. The van der Waals surface area contributed by atoms with Gasteiger partial charge >= 0.3 is 0 Å². The number of nitrogens with zero attached hydrogens (tertiary/aromatic N) is 4. The first-order chi connectivity index (χ1) is 15.0. The molecule has 0 saturated carbocycles. The highest BCUT2D eigenvalue weighted by Gasteiger charge is 2.14. The van der Waals surface area contributed by atoms with E-state index in [-0.39, 0.29) is 18.0 Å². The first kappa shape index (κ1) is 21.2. The molecular weight excluding hydrogens is 390 g/mol. The summed E-state index contributed by atoms with van der Waals surface area (Å²) in [7, 11) is 2.16. The van der Waals surface area contributed by atoms with Crippen LogP contribution in [0.5, 0.6) is 0 Å². The Labute approximate surface area is 182 Å². The number of carbonyl (C=O) groups is 1. The fourth-order valence-electron chi connectivity index (χ4n) is 4.01. The van der Waals surface area contributed by atoms with Gasteiger partial charge in [-0.2, -0.15) is 5.10 Å². The maximum absolute atomic E-state index is 12.7. The van der Waals surface area contributed by atoms with E-state index in [1.165, 1.54) is 10.2 Å². The standard InChI is InChI=1S/C24H29N5O2/c1-18-21-8-3-4-9-22(21)24(31)29(26-18)17-23(30)25-15-19-6-5-7-20(14-19)16-28-12-10-27(2)11-13-28/h3-9,14H,10-13,15-17H2,1-2H3,(H,25,30). The van der Waals surface area contributed by atoms with Crippen LogP contribution in [0.2, 0.25) is 0 Å². The van der Waals surface area contributed by atoms with Gasteiger partial charge in [0.25, 0.3) is 5.56 Å². The molecule has 3 aromatic rings. The number of amides is 1. The summed E-state index contributed by atoms with van der Waals surface area (Å²) in [6.07, 6.45) is 0. The monoisotopic (exact) mass is 419 g/mol. The fourth-order valence-corrected chi connectivity index (χ4v) is 4.01. The zero-order chi connectivity index (χ0) is 21.8. The second-order valence-electron chi connectivity index (χ2n) is 8.27. The molecule has 1 aliphatic heterocycles. The SMILES string of the molecule is Cc1nn(CC(=O)NCc2cccc(CN3CCN(C)CC3)c2)c(=O)c2ccccc12. The third-order valence-corrected chi connectivity index (χ3v) is 5.83. The number of fused-ring (bicyclic) bond motifs is 1. The van der Waals surface area contributed by atoms with Crippen LogP contribution in [-0.4, -0.2) is 58.7 Å². The molecule has 1 fully saturated rings. The summed E-state index contributed by atoms with van der Waals surface area (Å²) in [4.78, 5) is 30.0. The van der Waals surface area contributed by atoms with Crippen molar-refractivity contribution in [2.75, 3.05) is 33.2 Å². The number of rotatable bonds is 6. The minimum atomic E-state index is -0.245. The number of piperazine rings is 1. The van der Waals surface area contributed by atoms with E-state index >= 15 is 0 Å². The lowest BCUT2D eigenvalue weighted by Crippen LogP contribution is -2.43. The van der Waals surface area contributed by atoms with E-state index in [0.29, 0.717) is 11.9 Å². The molecule has 1 N–H and O–H groups in total. The Kier molecular flexibility index (Phi) is 6.44. The first-order valence-corrected chi connectivity index (χ1v) is 10.7. The van der Waals surface area contributed by atoms with Crippen LogP contribution in [0.1, 0.15) is 16.8 Å². The van der Waals surface area contributed by atoms with Crippen molar-refractivity contribution in [3.63, 3.8) is 0 Å². The van der Waals surface area contributed by atoms with Gasteiger partial charge in [0.15, 0.2) is 0 Å². The van der Waals surface area contributed by atoms with Gasteiger partial charge < -0.3 is 10.2 Å². The van der Waals surface area contributed by atoms with Gasteiger partial charge in [0.2, 0.25) is 5.91 Å². The molecule has 0 bridgehead atoms. The van der Waals surface area contributed by atoms with Gasteiger partial charge in [-0.25, -0.2) is 4.68 Å². The van der Waals surface area contributed by atoms with Crippen molar-refractivity contribution in [1.29, 1.82) is 0 Å².